The van der Waals surface area contributed by atoms with E-state index in [-0.39, 0.29) is 6.03 Å². The van der Waals surface area contributed by atoms with Gasteiger partial charge < -0.3 is 19.8 Å². The highest BCUT2D eigenvalue weighted by Crippen LogP contribution is 2.13. The number of morpholine rings is 1. The number of amides is 2. The van der Waals surface area contributed by atoms with E-state index >= 15 is 0 Å². The van der Waals surface area contributed by atoms with Crippen molar-refractivity contribution >= 4 is 23.3 Å². The second-order valence-corrected chi connectivity index (χ2v) is 7.47. The molecule has 1 aliphatic heterocycles. The molecule has 3 aromatic rings. The zero-order chi connectivity index (χ0) is 20.1. The van der Waals surface area contributed by atoms with Crippen LogP contribution in [0.25, 0.3) is 5.65 Å². The molecule has 1 fully saturated rings. The van der Waals surface area contributed by atoms with Crippen LogP contribution in [0, 0.1) is 0 Å². The van der Waals surface area contributed by atoms with Crippen molar-refractivity contribution in [2.75, 3.05) is 26.3 Å². The second kappa shape index (κ2) is 9.26. The summed E-state index contributed by atoms with van der Waals surface area (Å²) in [6.07, 6.45) is 3.65. The smallest absolute Gasteiger partial charge is 0.315 e. The zero-order valence-electron chi connectivity index (χ0n) is 16.1. The summed E-state index contributed by atoms with van der Waals surface area (Å²) < 4.78 is 7.26. The number of imidazole rings is 1. The van der Waals surface area contributed by atoms with Crippen LogP contribution in [0.3, 0.4) is 0 Å². The Hall–Kier alpha value is -2.61. The van der Waals surface area contributed by atoms with Gasteiger partial charge in [-0.3, -0.25) is 4.90 Å². The minimum atomic E-state index is -0.221. The number of benzene rings is 1. The van der Waals surface area contributed by atoms with E-state index in [4.69, 9.17) is 16.3 Å². The molecule has 2 N–H and O–H groups in total. The van der Waals surface area contributed by atoms with Crippen LogP contribution in [0.2, 0.25) is 5.02 Å². The Morgan fingerprint density at radius 1 is 1.03 bits per heavy atom. The van der Waals surface area contributed by atoms with Gasteiger partial charge in [0.05, 0.1) is 30.5 Å². The third-order valence-electron chi connectivity index (χ3n) is 4.95. The standard InChI is InChI=1S/C21H24ClN5O2/c22-18-5-6-20-25-19(15-27(20)14-18)12-24-21(28)23-11-16-3-1-2-4-17(16)13-26-7-9-29-10-8-26/h1-6,14-15H,7-13H2,(H2,23,24,28). The highest BCUT2D eigenvalue weighted by molar-refractivity contribution is 6.30. The van der Waals surface area contributed by atoms with Crippen molar-refractivity contribution < 1.29 is 9.53 Å². The van der Waals surface area contributed by atoms with Gasteiger partial charge in [0, 0.05) is 38.6 Å². The van der Waals surface area contributed by atoms with Crippen molar-refractivity contribution in [3.05, 3.63) is 70.6 Å². The first-order valence-corrected chi connectivity index (χ1v) is 10.1. The molecule has 0 aliphatic carbocycles. The maximum atomic E-state index is 12.3. The quantitative estimate of drug-likeness (QED) is 0.652. The molecule has 0 bridgehead atoms. The van der Waals surface area contributed by atoms with Crippen molar-refractivity contribution in [2.45, 2.75) is 19.6 Å². The number of pyridine rings is 1. The van der Waals surface area contributed by atoms with E-state index in [1.807, 2.05) is 28.8 Å². The van der Waals surface area contributed by atoms with Crippen LogP contribution in [-0.2, 0) is 24.4 Å². The fourth-order valence-corrected chi connectivity index (χ4v) is 3.56. The number of hydrogen-bond acceptors (Lipinski definition) is 4. The van der Waals surface area contributed by atoms with E-state index in [2.05, 4.69) is 32.7 Å². The number of nitrogens with zero attached hydrogens (tertiary/aromatic N) is 3. The van der Waals surface area contributed by atoms with Crippen LogP contribution in [0.15, 0.2) is 48.8 Å². The Morgan fingerprint density at radius 3 is 2.62 bits per heavy atom. The van der Waals surface area contributed by atoms with Crippen LogP contribution in [0.4, 0.5) is 4.79 Å². The summed E-state index contributed by atoms with van der Waals surface area (Å²) in [6.45, 7) is 5.12. The van der Waals surface area contributed by atoms with Gasteiger partial charge in [0.15, 0.2) is 0 Å². The monoisotopic (exact) mass is 413 g/mol. The Kier molecular flexibility index (Phi) is 6.29. The summed E-state index contributed by atoms with van der Waals surface area (Å²) in [5.41, 5.74) is 3.92. The van der Waals surface area contributed by atoms with Gasteiger partial charge in [-0.2, -0.15) is 0 Å². The van der Waals surface area contributed by atoms with Crippen molar-refractivity contribution in [1.82, 2.24) is 24.9 Å². The van der Waals surface area contributed by atoms with Crippen LogP contribution in [0.5, 0.6) is 0 Å². The second-order valence-electron chi connectivity index (χ2n) is 7.04. The Balaban J connectivity index is 1.30. The summed E-state index contributed by atoms with van der Waals surface area (Å²) >= 11 is 5.99. The van der Waals surface area contributed by atoms with E-state index in [0.29, 0.717) is 18.1 Å². The van der Waals surface area contributed by atoms with E-state index in [1.54, 1.807) is 12.3 Å². The van der Waals surface area contributed by atoms with E-state index in [9.17, 15) is 4.79 Å². The lowest BCUT2D eigenvalue weighted by Gasteiger charge is -2.27. The summed E-state index contributed by atoms with van der Waals surface area (Å²) in [5.74, 6) is 0. The van der Waals surface area contributed by atoms with Crippen LogP contribution < -0.4 is 10.6 Å². The van der Waals surface area contributed by atoms with Gasteiger partial charge in [-0.25, -0.2) is 9.78 Å². The molecule has 1 saturated heterocycles. The highest BCUT2D eigenvalue weighted by atomic mass is 35.5. The molecule has 1 aliphatic rings. The molecule has 2 aromatic heterocycles. The number of ether oxygens (including phenoxy) is 1. The molecule has 29 heavy (non-hydrogen) atoms. The van der Waals surface area contributed by atoms with Crippen molar-refractivity contribution in [1.29, 1.82) is 0 Å². The Bertz CT molecular complexity index is 984. The fraction of sp³-hybridized carbons (Fsp3) is 0.333. The molecule has 0 saturated carbocycles. The SMILES string of the molecule is O=C(NCc1cn2cc(Cl)ccc2n1)NCc1ccccc1CN1CCOCC1. The number of halogens is 1. The molecule has 0 radical (unpaired) electrons. The topological polar surface area (TPSA) is 70.9 Å². The number of aromatic nitrogens is 2. The molecule has 8 heteroatoms. The number of carbonyl (C=O) groups is 1. The first-order chi connectivity index (χ1) is 14.2. The molecule has 0 spiro atoms. The highest BCUT2D eigenvalue weighted by Gasteiger charge is 2.13. The predicted molar refractivity (Wildman–Crippen MR) is 112 cm³/mol. The number of rotatable bonds is 6. The number of fused-ring (bicyclic) bond motifs is 1. The third kappa shape index (κ3) is 5.26. The largest absolute Gasteiger partial charge is 0.379 e. The van der Waals surface area contributed by atoms with Gasteiger partial charge in [-0.1, -0.05) is 35.9 Å². The van der Waals surface area contributed by atoms with Crippen molar-refractivity contribution in [3.8, 4) is 0 Å². The lowest BCUT2D eigenvalue weighted by Crippen LogP contribution is -2.37. The first-order valence-electron chi connectivity index (χ1n) is 9.69. The van der Waals surface area contributed by atoms with Crippen LogP contribution >= 0.6 is 11.6 Å². The van der Waals surface area contributed by atoms with Crippen molar-refractivity contribution in [2.24, 2.45) is 0 Å². The molecule has 152 valence electrons. The minimum Gasteiger partial charge on any atom is -0.379 e. The molecule has 4 rings (SSSR count). The van der Waals surface area contributed by atoms with Crippen LogP contribution in [0.1, 0.15) is 16.8 Å². The average Bonchev–Trinajstić information content (AvgIpc) is 3.14. The molecule has 3 heterocycles. The maximum Gasteiger partial charge on any atom is 0.315 e. The number of carbonyl (C=O) groups excluding carboxylic acids is 1. The Morgan fingerprint density at radius 2 is 1.79 bits per heavy atom. The van der Waals surface area contributed by atoms with Gasteiger partial charge in [0.1, 0.15) is 5.65 Å². The van der Waals surface area contributed by atoms with Gasteiger partial charge >= 0.3 is 6.03 Å². The number of urea groups is 1. The van der Waals surface area contributed by atoms with Gasteiger partial charge in [0.25, 0.3) is 0 Å². The maximum absolute atomic E-state index is 12.3. The van der Waals surface area contributed by atoms with Gasteiger partial charge in [-0.05, 0) is 23.3 Å². The van der Waals surface area contributed by atoms with Crippen LogP contribution in [-0.4, -0.2) is 46.6 Å². The molecule has 2 amide bonds. The third-order valence-corrected chi connectivity index (χ3v) is 5.17. The summed E-state index contributed by atoms with van der Waals surface area (Å²) in [4.78, 5) is 19.1. The van der Waals surface area contributed by atoms with Crippen molar-refractivity contribution in [3.63, 3.8) is 0 Å². The summed E-state index contributed by atoms with van der Waals surface area (Å²) in [5, 5.41) is 6.44. The number of hydrogen-bond donors (Lipinski definition) is 2. The summed E-state index contributed by atoms with van der Waals surface area (Å²) in [6, 6.07) is 11.6. The Labute approximate surface area is 174 Å². The molecule has 7 nitrogen and oxygen atoms in total. The summed E-state index contributed by atoms with van der Waals surface area (Å²) in [7, 11) is 0. The normalized spacial score (nSPS) is 14.8. The molecule has 0 atom stereocenters. The molecular weight excluding hydrogens is 390 g/mol. The van der Waals surface area contributed by atoms with Gasteiger partial charge in [-0.15, -0.1) is 0 Å². The van der Waals surface area contributed by atoms with Gasteiger partial charge in [0.2, 0.25) is 0 Å². The number of nitrogens with one attached hydrogen (secondary N) is 2. The van der Waals surface area contributed by atoms with E-state index < -0.39 is 0 Å². The predicted octanol–water partition coefficient (Wildman–Crippen LogP) is 2.82. The lowest BCUT2D eigenvalue weighted by molar-refractivity contribution is 0.0341. The minimum absolute atomic E-state index is 0.221. The van der Waals surface area contributed by atoms with E-state index in [0.717, 1.165) is 49.8 Å². The molecular formula is C21H24ClN5O2. The first kappa shape index (κ1) is 19.7. The lowest BCUT2D eigenvalue weighted by atomic mass is 10.1. The average molecular weight is 414 g/mol. The zero-order valence-corrected chi connectivity index (χ0v) is 16.9. The fourth-order valence-electron chi connectivity index (χ4n) is 3.40. The van der Waals surface area contributed by atoms with E-state index in [1.165, 1.54) is 5.56 Å². The molecule has 1 aromatic carbocycles. The molecule has 0 unspecified atom stereocenters.